The Morgan fingerprint density at radius 2 is 1.35 bits per heavy atom. The van der Waals surface area contributed by atoms with Gasteiger partial charge >= 0.3 is 0 Å². The number of aromatic hydroxyl groups is 2. The Hall–Kier alpha value is -3.54. The number of ketones is 2. The summed E-state index contributed by atoms with van der Waals surface area (Å²) >= 11 is 0. The van der Waals surface area contributed by atoms with Gasteiger partial charge in [-0.2, -0.15) is 0 Å². The largest absolute Gasteiger partial charge is 0.504 e. The van der Waals surface area contributed by atoms with Gasteiger partial charge in [0.15, 0.2) is 34.6 Å². The fourth-order valence-corrected chi connectivity index (χ4v) is 3.24. The smallest absolute Gasteiger partial charge is 0.166 e. The third kappa shape index (κ3) is 5.98. The summed E-state index contributed by atoms with van der Waals surface area (Å²) in [6.07, 6.45) is 8.66. The monoisotopic (exact) mass is 422 g/mol. The van der Waals surface area contributed by atoms with Crippen molar-refractivity contribution in [1.82, 2.24) is 0 Å². The summed E-state index contributed by atoms with van der Waals surface area (Å²) in [5, 5.41) is 19.4. The molecule has 0 radical (unpaired) electrons. The van der Waals surface area contributed by atoms with E-state index in [9.17, 15) is 19.8 Å². The Morgan fingerprint density at radius 1 is 0.903 bits per heavy atom. The molecule has 2 N–H and O–H groups in total. The molecule has 0 bridgehead atoms. The van der Waals surface area contributed by atoms with Crippen LogP contribution in [-0.4, -0.2) is 36.0 Å². The highest BCUT2D eigenvalue weighted by Crippen LogP contribution is 2.36. The molecule has 162 valence electrons. The van der Waals surface area contributed by atoms with Gasteiger partial charge in [-0.15, -0.1) is 0 Å². The molecule has 31 heavy (non-hydrogen) atoms. The van der Waals surface area contributed by atoms with Crippen LogP contribution in [0.15, 0.2) is 48.6 Å². The molecule has 1 aliphatic carbocycles. The lowest BCUT2D eigenvalue weighted by molar-refractivity contribution is -0.127. The third-order valence-corrected chi connectivity index (χ3v) is 5.24. The highest BCUT2D eigenvalue weighted by Gasteiger charge is 2.31. The first-order valence-electron chi connectivity index (χ1n) is 10.1. The Labute approximate surface area is 181 Å². The number of hydrogen-bond acceptors (Lipinski definition) is 6. The second-order valence-electron chi connectivity index (χ2n) is 7.57. The number of allylic oxidation sites excluding steroid dienone is 2. The maximum atomic E-state index is 12.8. The lowest BCUT2D eigenvalue weighted by Crippen LogP contribution is -2.21. The lowest BCUT2D eigenvalue weighted by Gasteiger charge is -2.10. The quantitative estimate of drug-likeness (QED) is 0.436. The number of carbonyl (C=O) groups excluding carboxylic acids is 2. The van der Waals surface area contributed by atoms with Crippen molar-refractivity contribution in [3.05, 3.63) is 59.7 Å². The van der Waals surface area contributed by atoms with E-state index in [0.29, 0.717) is 35.0 Å². The maximum Gasteiger partial charge on any atom is 0.166 e. The average Bonchev–Trinajstić information content (AvgIpc) is 3.60. The average molecular weight is 422 g/mol. The van der Waals surface area contributed by atoms with Gasteiger partial charge in [0.2, 0.25) is 0 Å². The van der Waals surface area contributed by atoms with Crippen LogP contribution in [0.4, 0.5) is 0 Å². The minimum Gasteiger partial charge on any atom is -0.504 e. The Morgan fingerprint density at radius 3 is 1.74 bits per heavy atom. The molecule has 0 aromatic heterocycles. The molecule has 2 aromatic carbocycles. The molecule has 1 saturated carbocycles. The number of ether oxygens (including phenoxy) is 2. The third-order valence-electron chi connectivity index (χ3n) is 5.24. The van der Waals surface area contributed by atoms with Gasteiger partial charge in [-0.3, -0.25) is 9.59 Å². The highest BCUT2D eigenvalue weighted by molar-refractivity contribution is 6.13. The van der Waals surface area contributed by atoms with E-state index in [2.05, 4.69) is 0 Å². The minimum atomic E-state index is -0.738. The Bertz CT molecular complexity index is 941. The van der Waals surface area contributed by atoms with Gasteiger partial charge in [0, 0.05) is 0 Å². The normalized spacial score (nSPS) is 13.8. The van der Waals surface area contributed by atoms with Crippen LogP contribution < -0.4 is 9.47 Å². The fraction of sp³-hybridized carbons (Fsp3) is 0.280. The van der Waals surface area contributed by atoms with Crippen molar-refractivity contribution < 1.29 is 29.3 Å². The number of benzene rings is 2. The summed E-state index contributed by atoms with van der Waals surface area (Å²) in [5.41, 5.74) is 1.37. The van der Waals surface area contributed by atoms with Crippen molar-refractivity contribution in [2.75, 3.05) is 14.2 Å². The van der Waals surface area contributed by atoms with E-state index in [1.165, 1.54) is 38.5 Å². The van der Waals surface area contributed by atoms with Crippen molar-refractivity contribution in [2.45, 2.75) is 19.3 Å². The van der Waals surface area contributed by atoms with Crippen molar-refractivity contribution >= 4 is 23.7 Å². The summed E-state index contributed by atoms with van der Waals surface area (Å²) in [6.45, 7) is 0. The van der Waals surface area contributed by atoms with Gasteiger partial charge in [0.25, 0.3) is 0 Å². The second kappa shape index (κ2) is 9.98. The summed E-state index contributed by atoms with van der Waals surface area (Å²) in [5.74, 6) is -0.179. The van der Waals surface area contributed by atoms with E-state index in [1.54, 1.807) is 36.4 Å². The maximum absolute atomic E-state index is 12.8. The van der Waals surface area contributed by atoms with Gasteiger partial charge in [-0.05, 0) is 59.9 Å². The predicted molar refractivity (Wildman–Crippen MR) is 118 cm³/mol. The molecular formula is C25H26O6. The molecule has 0 unspecified atom stereocenters. The van der Waals surface area contributed by atoms with E-state index in [4.69, 9.17) is 9.47 Å². The van der Waals surface area contributed by atoms with Crippen molar-refractivity contribution in [2.24, 2.45) is 11.8 Å². The van der Waals surface area contributed by atoms with Crippen LogP contribution in [0.25, 0.3) is 12.2 Å². The number of rotatable bonds is 10. The molecule has 0 amide bonds. The van der Waals surface area contributed by atoms with Crippen molar-refractivity contribution in [3.8, 4) is 23.0 Å². The van der Waals surface area contributed by atoms with E-state index in [-0.39, 0.29) is 23.1 Å². The first-order chi connectivity index (χ1) is 14.9. The lowest BCUT2D eigenvalue weighted by atomic mass is 9.91. The van der Waals surface area contributed by atoms with Crippen LogP contribution in [0.3, 0.4) is 0 Å². The first-order valence-corrected chi connectivity index (χ1v) is 10.1. The van der Waals surface area contributed by atoms with Crippen LogP contribution in [0.5, 0.6) is 23.0 Å². The predicted octanol–water partition coefficient (Wildman–Crippen LogP) is 4.40. The number of methoxy groups -OCH3 is 2. The van der Waals surface area contributed by atoms with Crippen LogP contribution in [0.1, 0.15) is 30.4 Å². The van der Waals surface area contributed by atoms with Crippen molar-refractivity contribution in [1.29, 1.82) is 0 Å². The number of phenols is 2. The van der Waals surface area contributed by atoms with Gasteiger partial charge < -0.3 is 19.7 Å². The van der Waals surface area contributed by atoms with Crippen LogP contribution in [-0.2, 0) is 9.59 Å². The van der Waals surface area contributed by atoms with Gasteiger partial charge in [-0.1, -0.05) is 37.1 Å². The Balaban J connectivity index is 1.74. The van der Waals surface area contributed by atoms with Gasteiger partial charge in [0.1, 0.15) is 0 Å². The van der Waals surface area contributed by atoms with Crippen LogP contribution in [0, 0.1) is 11.8 Å². The topological polar surface area (TPSA) is 93.1 Å². The van der Waals surface area contributed by atoms with Gasteiger partial charge in [-0.25, -0.2) is 0 Å². The number of phenolic OH excluding ortho intramolecular Hbond substituents is 2. The molecule has 6 nitrogen and oxygen atoms in total. The fourth-order valence-electron chi connectivity index (χ4n) is 3.24. The summed E-state index contributed by atoms with van der Waals surface area (Å²) in [4.78, 5) is 25.6. The molecule has 0 atom stereocenters. The zero-order valence-corrected chi connectivity index (χ0v) is 17.6. The van der Waals surface area contributed by atoms with E-state index < -0.39 is 5.92 Å². The number of hydrogen-bond donors (Lipinski definition) is 2. The zero-order valence-electron chi connectivity index (χ0n) is 17.6. The van der Waals surface area contributed by atoms with Gasteiger partial charge in [0.05, 0.1) is 20.1 Å². The molecule has 3 rings (SSSR count). The zero-order chi connectivity index (χ0) is 22.4. The molecule has 1 fully saturated rings. The summed E-state index contributed by atoms with van der Waals surface area (Å²) in [6, 6.07) is 9.55. The highest BCUT2D eigenvalue weighted by atomic mass is 16.5. The standard InChI is InChI=1S/C25H26O6/c1-30-24-14-17(7-11-22(24)28)5-9-20(26)19(13-16-3-4-16)21(27)10-6-18-8-12-23(29)25(15-18)31-2/h5-12,14-16,19,28-29H,3-4,13H2,1-2H3/b9-5+,10-6+. The second-order valence-corrected chi connectivity index (χ2v) is 7.57. The molecule has 0 heterocycles. The van der Waals surface area contributed by atoms with E-state index in [1.807, 2.05) is 0 Å². The molecule has 0 saturated heterocycles. The van der Waals surface area contributed by atoms with E-state index in [0.717, 1.165) is 12.8 Å². The van der Waals surface area contributed by atoms with Crippen LogP contribution in [0.2, 0.25) is 0 Å². The SMILES string of the molecule is COc1cc(/C=C/C(=O)C(CC2CC2)C(=O)/C=C/c2ccc(O)c(OC)c2)ccc1O. The molecule has 0 spiro atoms. The summed E-state index contributed by atoms with van der Waals surface area (Å²) in [7, 11) is 2.90. The summed E-state index contributed by atoms with van der Waals surface area (Å²) < 4.78 is 10.2. The molecule has 2 aromatic rings. The Kier molecular flexibility index (Phi) is 7.13. The molecule has 0 aliphatic heterocycles. The minimum absolute atomic E-state index is 0.0174. The molecule has 1 aliphatic rings. The van der Waals surface area contributed by atoms with Crippen LogP contribution >= 0.6 is 0 Å². The molecule has 6 heteroatoms. The molecular weight excluding hydrogens is 396 g/mol. The van der Waals surface area contributed by atoms with E-state index >= 15 is 0 Å². The van der Waals surface area contributed by atoms with Crippen molar-refractivity contribution in [3.63, 3.8) is 0 Å². The number of carbonyl (C=O) groups is 2. The first kappa shape index (κ1) is 22.2.